The molecule has 0 amide bonds. The smallest absolute Gasteiger partial charge is 0.354 e. The Hall–Kier alpha value is -4.34. The number of esters is 1. The van der Waals surface area contributed by atoms with Crippen LogP contribution in [0.15, 0.2) is 81.7 Å². The maximum absolute atomic E-state index is 12.9. The molecule has 6 nitrogen and oxygen atoms in total. The maximum atomic E-state index is 12.9. The van der Waals surface area contributed by atoms with E-state index in [0.717, 1.165) is 11.1 Å². The fraction of sp³-hybridized carbons (Fsp3) is 0.0741. The van der Waals surface area contributed by atoms with E-state index in [9.17, 15) is 14.9 Å². The minimum absolute atomic E-state index is 0.0101. The summed E-state index contributed by atoms with van der Waals surface area (Å²) >= 11 is 6.19. The highest BCUT2D eigenvalue weighted by Crippen LogP contribution is 2.29. The van der Waals surface area contributed by atoms with Crippen molar-refractivity contribution in [2.24, 2.45) is 0 Å². The predicted molar refractivity (Wildman–Crippen MR) is 129 cm³/mol. The number of carbonyl (C=O) groups is 1. The summed E-state index contributed by atoms with van der Waals surface area (Å²) < 4.78 is 16.6. The van der Waals surface area contributed by atoms with Gasteiger partial charge in [0.25, 0.3) is 0 Å². The minimum atomic E-state index is -0.818. The Bertz CT molecular complexity index is 1510. The Labute approximate surface area is 200 Å². The lowest BCUT2D eigenvalue weighted by atomic mass is 10.1. The van der Waals surface area contributed by atoms with Crippen LogP contribution in [0.5, 0.6) is 17.2 Å². The first-order valence-corrected chi connectivity index (χ1v) is 10.6. The number of nitriles is 1. The van der Waals surface area contributed by atoms with Crippen LogP contribution in [-0.2, 0) is 4.79 Å². The number of halogens is 1. The van der Waals surface area contributed by atoms with Crippen molar-refractivity contribution < 1.29 is 18.7 Å². The molecule has 168 valence electrons. The Morgan fingerprint density at radius 3 is 2.41 bits per heavy atom. The highest BCUT2D eigenvalue weighted by atomic mass is 35.5. The maximum Gasteiger partial charge on any atom is 0.354 e. The molecular formula is C27H18ClNO5. The quantitative estimate of drug-likeness (QED) is 0.145. The Balaban J connectivity index is 1.58. The zero-order valence-electron chi connectivity index (χ0n) is 18.3. The number of hydrogen-bond donors (Lipinski definition) is 0. The van der Waals surface area contributed by atoms with Gasteiger partial charge >= 0.3 is 5.97 Å². The van der Waals surface area contributed by atoms with E-state index in [1.54, 1.807) is 36.4 Å². The standard InChI is InChI=1S/C27H18ClNO5/c1-16-10-21(11-17(2)25(16)28)33-24-15-32-23-13-20(8-9-22(23)26(24)30)34-27(31)19(14-29)12-18-6-4-3-5-7-18/h3-13,15H,1-2H3. The number of nitrogens with zero attached hydrogens (tertiary/aromatic N) is 1. The van der Waals surface area contributed by atoms with Crippen LogP contribution >= 0.6 is 11.6 Å². The summed E-state index contributed by atoms with van der Waals surface area (Å²) in [7, 11) is 0. The largest absolute Gasteiger partial charge is 0.460 e. The van der Waals surface area contributed by atoms with Crippen molar-refractivity contribution >= 4 is 34.6 Å². The first-order chi connectivity index (χ1) is 16.4. The van der Waals surface area contributed by atoms with Crippen LogP contribution in [-0.4, -0.2) is 5.97 Å². The van der Waals surface area contributed by atoms with Gasteiger partial charge in [-0.2, -0.15) is 5.26 Å². The molecule has 3 aromatic carbocycles. The number of benzene rings is 3. The molecule has 0 aliphatic rings. The third kappa shape index (κ3) is 4.85. The molecule has 0 bridgehead atoms. The van der Waals surface area contributed by atoms with E-state index in [1.165, 1.54) is 30.5 Å². The number of carbonyl (C=O) groups excluding carboxylic acids is 1. The molecule has 0 saturated heterocycles. The average molecular weight is 472 g/mol. The number of aryl methyl sites for hydroxylation is 2. The van der Waals surface area contributed by atoms with Crippen molar-refractivity contribution in [3.05, 3.63) is 104 Å². The molecule has 1 aromatic heterocycles. The van der Waals surface area contributed by atoms with E-state index in [2.05, 4.69) is 0 Å². The van der Waals surface area contributed by atoms with E-state index in [-0.39, 0.29) is 33.5 Å². The summed E-state index contributed by atoms with van der Waals surface area (Å²) in [6.45, 7) is 3.70. The zero-order valence-corrected chi connectivity index (χ0v) is 19.1. The third-order valence-corrected chi connectivity index (χ3v) is 5.61. The van der Waals surface area contributed by atoms with Crippen LogP contribution in [0.1, 0.15) is 16.7 Å². The predicted octanol–water partition coefficient (Wildman–Crippen LogP) is 6.37. The number of rotatable bonds is 5. The second-order valence-corrected chi connectivity index (χ2v) is 7.91. The molecule has 0 spiro atoms. The van der Waals surface area contributed by atoms with Crippen molar-refractivity contribution in [1.29, 1.82) is 5.26 Å². The van der Waals surface area contributed by atoms with Crippen LogP contribution in [0.3, 0.4) is 0 Å². The lowest BCUT2D eigenvalue weighted by Gasteiger charge is -2.10. The molecule has 4 aromatic rings. The van der Waals surface area contributed by atoms with E-state index in [1.807, 2.05) is 26.0 Å². The van der Waals surface area contributed by atoms with E-state index < -0.39 is 5.97 Å². The highest BCUT2D eigenvalue weighted by molar-refractivity contribution is 6.32. The van der Waals surface area contributed by atoms with Crippen molar-refractivity contribution in [3.8, 4) is 23.3 Å². The lowest BCUT2D eigenvalue weighted by Crippen LogP contribution is -2.10. The van der Waals surface area contributed by atoms with Gasteiger partial charge in [-0.05, 0) is 60.9 Å². The summed E-state index contributed by atoms with van der Waals surface area (Å²) in [6.07, 6.45) is 2.64. The first-order valence-electron chi connectivity index (χ1n) is 10.2. The van der Waals surface area contributed by atoms with Gasteiger partial charge in [-0.15, -0.1) is 0 Å². The molecule has 4 rings (SSSR count). The molecule has 0 aliphatic heterocycles. The van der Waals surface area contributed by atoms with Crippen LogP contribution in [0.4, 0.5) is 0 Å². The van der Waals surface area contributed by atoms with Crippen LogP contribution in [0.2, 0.25) is 5.02 Å². The Morgan fingerprint density at radius 2 is 1.74 bits per heavy atom. The molecule has 7 heteroatoms. The summed E-state index contributed by atoms with van der Waals surface area (Å²) in [5, 5.41) is 10.2. The summed E-state index contributed by atoms with van der Waals surface area (Å²) in [4.78, 5) is 25.3. The molecule has 0 radical (unpaired) electrons. The van der Waals surface area contributed by atoms with Crippen LogP contribution in [0, 0.1) is 25.2 Å². The second-order valence-electron chi connectivity index (χ2n) is 7.53. The fourth-order valence-electron chi connectivity index (χ4n) is 3.33. The van der Waals surface area contributed by atoms with E-state index in [0.29, 0.717) is 16.3 Å². The second kappa shape index (κ2) is 9.65. The summed E-state index contributed by atoms with van der Waals surface area (Å²) in [5.41, 5.74) is 2.00. The SMILES string of the molecule is Cc1cc(Oc2coc3cc(OC(=O)C(C#N)=Cc4ccccc4)ccc3c2=O)cc(C)c1Cl. The van der Waals surface area contributed by atoms with E-state index >= 15 is 0 Å². The zero-order chi connectivity index (χ0) is 24.2. The van der Waals surface area contributed by atoms with Crippen molar-refractivity contribution in [2.45, 2.75) is 13.8 Å². The average Bonchev–Trinajstić information content (AvgIpc) is 2.83. The van der Waals surface area contributed by atoms with Gasteiger partial charge in [-0.3, -0.25) is 4.79 Å². The van der Waals surface area contributed by atoms with E-state index in [4.69, 9.17) is 25.5 Å². The Morgan fingerprint density at radius 1 is 1.03 bits per heavy atom. The lowest BCUT2D eigenvalue weighted by molar-refractivity contribution is -0.129. The van der Waals surface area contributed by atoms with Gasteiger partial charge in [0.05, 0.1) is 5.39 Å². The van der Waals surface area contributed by atoms with Crippen LogP contribution < -0.4 is 14.9 Å². The van der Waals surface area contributed by atoms with Gasteiger partial charge in [-0.25, -0.2) is 4.79 Å². The van der Waals surface area contributed by atoms with Gasteiger partial charge in [0.2, 0.25) is 11.2 Å². The summed E-state index contributed by atoms with van der Waals surface area (Å²) in [5.74, 6) is -0.212. The van der Waals surface area contributed by atoms with Gasteiger partial charge < -0.3 is 13.9 Å². The molecule has 0 aliphatic carbocycles. The van der Waals surface area contributed by atoms with Gasteiger partial charge in [0.15, 0.2) is 0 Å². The molecule has 0 fully saturated rings. The molecule has 0 atom stereocenters. The fourth-order valence-corrected chi connectivity index (χ4v) is 3.44. The summed E-state index contributed by atoms with van der Waals surface area (Å²) in [6, 6.07) is 18.6. The number of hydrogen-bond acceptors (Lipinski definition) is 6. The molecular weight excluding hydrogens is 454 g/mol. The normalized spacial score (nSPS) is 11.2. The minimum Gasteiger partial charge on any atom is -0.460 e. The van der Waals surface area contributed by atoms with Gasteiger partial charge in [-0.1, -0.05) is 41.9 Å². The third-order valence-electron chi connectivity index (χ3n) is 5.01. The van der Waals surface area contributed by atoms with Gasteiger partial charge in [0, 0.05) is 11.1 Å². The van der Waals surface area contributed by atoms with Crippen molar-refractivity contribution in [2.75, 3.05) is 0 Å². The molecule has 1 heterocycles. The van der Waals surface area contributed by atoms with Crippen molar-refractivity contribution in [3.63, 3.8) is 0 Å². The molecule has 0 unspecified atom stereocenters. The van der Waals surface area contributed by atoms with Gasteiger partial charge in [0.1, 0.15) is 35.0 Å². The first kappa shape index (κ1) is 22.8. The Kier molecular flexibility index (Phi) is 6.48. The number of ether oxygens (including phenoxy) is 2. The molecule has 34 heavy (non-hydrogen) atoms. The monoisotopic (exact) mass is 471 g/mol. The van der Waals surface area contributed by atoms with Crippen LogP contribution in [0.25, 0.3) is 17.0 Å². The van der Waals surface area contributed by atoms with Crippen molar-refractivity contribution in [1.82, 2.24) is 0 Å². The highest BCUT2D eigenvalue weighted by Gasteiger charge is 2.15. The molecule has 0 saturated carbocycles. The molecule has 0 N–H and O–H groups in total. The number of fused-ring (bicyclic) bond motifs is 1. The topological polar surface area (TPSA) is 89.5 Å².